The van der Waals surface area contributed by atoms with Gasteiger partial charge in [0, 0.05) is 28.0 Å². The molecule has 0 atom stereocenters. The molecule has 0 radical (unpaired) electrons. The minimum absolute atomic E-state index is 0.153. The first-order valence-electron chi connectivity index (χ1n) is 8.57. The zero-order valence-corrected chi connectivity index (χ0v) is 16.4. The molecule has 0 spiro atoms. The van der Waals surface area contributed by atoms with Crippen molar-refractivity contribution in [3.63, 3.8) is 0 Å². The van der Waals surface area contributed by atoms with E-state index in [0.717, 1.165) is 11.1 Å². The van der Waals surface area contributed by atoms with E-state index in [1.54, 1.807) is 53.6 Å². The molecule has 7 heteroatoms. The summed E-state index contributed by atoms with van der Waals surface area (Å²) in [6.45, 7) is 2.17. The van der Waals surface area contributed by atoms with E-state index in [1.165, 1.54) is 0 Å². The van der Waals surface area contributed by atoms with Crippen molar-refractivity contribution in [2.75, 3.05) is 10.2 Å². The lowest BCUT2D eigenvalue weighted by Gasteiger charge is -2.18. The van der Waals surface area contributed by atoms with Gasteiger partial charge >= 0.3 is 0 Å². The van der Waals surface area contributed by atoms with E-state index in [4.69, 9.17) is 23.2 Å². The number of hydrogen-bond donors (Lipinski definition) is 1. The smallest absolute Gasteiger partial charge is 0.274 e. The van der Waals surface area contributed by atoms with Gasteiger partial charge in [-0.3, -0.25) is 14.6 Å². The molecule has 0 saturated carbocycles. The molecular formula is C21H15Cl2N3O2. The van der Waals surface area contributed by atoms with Gasteiger partial charge in [-0.2, -0.15) is 0 Å². The maximum absolute atomic E-state index is 12.7. The summed E-state index contributed by atoms with van der Waals surface area (Å²) in [7, 11) is 0. The average Bonchev–Trinajstić information content (AvgIpc) is 3.00. The molecule has 140 valence electrons. The van der Waals surface area contributed by atoms with Gasteiger partial charge in [0.15, 0.2) is 0 Å². The van der Waals surface area contributed by atoms with Crippen molar-refractivity contribution in [3.05, 3.63) is 87.2 Å². The Balaban J connectivity index is 1.58. The van der Waals surface area contributed by atoms with Crippen LogP contribution in [0.15, 0.2) is 54.7 Å². The summed E-state index contributed by atoms with van der Waals surface area (Å²) in [6, 6.07) is 13.9. The first-order valence-corrected chi connectivity index (χ1v) is 9.33. The summed E-state index contributed by atoms with van der Waals surface area (Å²) < 4.78 is 0. The van der Waals surface area contributed by atoms with Crippen LogP contribution in [0.4, 0.5) is 11.4 Å². The first-order chi connectivity index (χ1) is 13.5. The van der Waals surface area contributed by atoms with Gasteiger partial charge in [-0.05, 0) is 48.9 Å². The number of benzene rings is 2. The number of pyridine rings is 1. The van der Waals surface area contributed by atoms with Crippen LogP contribution in [0.3, 0.4) is 0 Å². The molecule has 3 aromatic rings. The number of hydrogen-bond acceptors (Lipinski definition) is 3. The third kappa shape index (κ3) is 3.23. The number of rotatable bonds is 3. The molecule has 1 aliphatic rings. The maximum Gasteiger partial charge on any atom is 0.274 e. The predicted molar refractivity (Wildman–Crippen MR) is 110 cm³/mol. The highest BCUT2D eigenvalue weighted by atomic mass is 35.5. The van der Waals surface area contributed by atoms with E-state index in [-0.39, 0.29) is 11.8 Å². The molecule has 5 nitrogen and oxygen atoms in total. The Hall–Kier alpha value is -2.89. The number of carbonyl (C=O) groups excluding carboxylic acids is 2. The number of halogens is 2. The van der Waals surface area contributed by atoms with Crippen LogP contribution in [0.25, 0.3) is 0 Å². The Kier molecular flexibility index (Phi) is 4.79. The molecule has 4 rings (SSSR count). The fourth-order valence-corrected chi connectivity index (χ4v) is 3.72. The van der Waals surface area contributed by atoms with Gasteiger partial charge in [0.25, 0.3) is 11.8 Å². The van der Waals surface area contributed by atoms with Crippen LogP contribution in [0.1, 0.15) is 32.0 Å². The lowest BCUT2D eigenvalue weighted by molar-refractivity contribution is 0.0993. The standard InChI is InChI=1S/C21H15Cl2N3O2/c1-12-4-3-9-24-19(12)20(27)25-13-7-8-18(17(23)10-13)26-11-15-14(21(26)28)5-2-6-16(15)22/h2-10H,11H2,1H3,(H,25,27). The van der Waals surface area contributed by atoms with E-state index < -0.39 is 0 Å². The summed E-state index contributed by atoms with van der Waals surface area (Å²) in [5.41, 5.74) is 3.57. The van der Waals surface area contributed by atoms with E-state index in [1.807, 2.05) is 13.0 Å². The summed E-state index contributed by atoms with van der Waals surface area (Å²) in [5, 5.41) is 3.69. The molecule has 0 saturated heterocycles. The number of amides is 2. The maximum atomic E-state index is 12.7. The van der Waals surface area contributed by atoms with Gasteiger partial charge < -0.3 is 10.2 Å². The van der Waals surface area contributed by atoms with Crippen molar-refractivity contribution in [2.45, 2.75) is 13.5 Å². The van der Waals surface area contributed by atoms with E-state index in [2.05, 4.69) is 10.3 Å². The van der Waals surface area contributed by atoms with Crippen LogP contribution in [0.2, 0.25) is 10.0 Å². The molecule has 1 N–H and O–H groups in total. The molecule has 1 aliphatic heterocycles. The molecule has 0 bridgehead atoms. The molecule has 1 aromatic heterocycles. The summed E-state index contributed by atoms with van der Waals surface area (Å²) in [4.78, 5) is 30.8. The van der Waals surface area contributed by atoms with Crippen molar-refractivity contribution < 1.29 is 9.59 Å². The fraction of sp³-hybridized carbons (Fsp3) is 0.0952. The van der Waals surface area contributed by atoms with E-state index >= 15 is 0 Å². The lowest BCUT2D eigenvalue weighted by Crippen LogP contribution is -2.23. The van der Waals surface area contributed by atoms with Gasteiger partial charge in [-0.15, -0.1) is 0 Å². The summed E-state index contributed by atoms with van der Waals surface area (Å²) in [5.74, 6) is -0.473. The van der Waals surface area contributed by atoms with Crippen LogP contribution >= 0.6 is 23.2 Å². The van der Waals surface area contributed by atoms with Gasteiger partial charge in [-0.1, -0.05) is 35.3 Å². The second kappa shape index (κ2) is 7.26. The molecule has 2 aromatic carbocycles. The zero-order valence-electron chi connectivity index (χ0n) is 14.9. The lowest BCUT2D eigenvalue weighted by atomic mass is 10.1. The largest absolute Gasteiger partial charge is 0.321 e. The Morgan fingerprint density at radius 1 is 1.11 bits per heavy atom. The minimum Gasteiger partial charge on any atom is -0.321 e. The normalized spacial score (nSPS) is 12.8. The van der Waals surface area contributed by atoms with Crippen LogP contribution in [0, 0.1) is 6.92 Å². The van der Waals surface area contributed by atoms with E-state index in [0.29, 0.717) is 39.2 Å². The molecule has 0 aliphatic carbocycles. The average molecular weight is 412 g/mol. The first kappa shape index (κ1) is 18.5. The van der Waals surface area contributed by atoms with Crippen molar-refractivity contribution in [2.24, 2.45) is 0 Å². The van der Waals surface area contributed by atoms with Gasteiger partial charge in [0.1, 0.15) is 5.69 Å². The zero-order chi connectivity index (χ0) is 19.8. The summed E-state index contributed by atoms with van der Waals surface area (Å²) in [6.07, 6.45) is 1.57. The molecule has 28 heavy (non-hydrogen) atoms. The number of nitrogens with one attached hydrogen (secondary N) is 1. The van der Waals surface area contributed by atoms with Crippen molar-refractivity contribution in [1.29, 1.82) is 0 Å². The van der Waals surface area contributed by atoms with Crippen molar-refractivity contribution >= 4 is 46.4 Å². The Morgan fingerprint density at radius 2 is 1.93 bits per heavy atom. The Morgan fingerprint density at radius 3 is 2.64 bits per heavy atom. The van der Waals surface area contributed by atoms with E-state index in [9.17, 15) is 9.59 Å². The number of carbonyl (C=O) groups is 2. The highest BCUT2D eigenvalue weighted by Crippen LogP contribution is 2.37. The number of nitrogens with zero attached hydrogens (tertiary/aromatic N) is 2. The summed E-state index contributed by atoms with van der Waals surface area (Å²) >= 11 is 12.6. The van der Waals surface area contributed by atoms with Crippen molar-refractivity contribution in [3.8, 4) is 0 Å². The third-order valence-corrected chi connectivity index (χ3v) is 5.29. The number of fused-ring (bicyclic) bond motifs is 1. The molecule has 2 heterocycles. The monoisotopic (exact) mass is 411 g/mol. The van der Waals surface area contributed by atoms with Gasteiger partial charge in [0.05, 0.1) is 17.3 Å². The Bertz CT molecular complexity index is 1110. The molecule has 2 amide bonds. The predicted octanol–water partition coefficient (Wildman–Crippen LogP) is 5.11. The topological polar surface area (TPSA) is 62.3 Å². The molecule has 0 fully saturated rings. The number of aryl methyl sites for hydroxylation is 1. The highest BCUT2D eigenvalue weighted by molar-refractivity contribution is 6.35. The van der Waals surface area contributed by atoms with Gasteiger partial charge in [-0.25, -0.2) is 0 Å². The third-order valence-electron chi connectivity index (χ3n) is 4.63. The minimum atomic E-state index is -0.321. The van der Waals surface area contributed by atoms with Gasteiger partial charge in [0.2, 0.25) is 0 Å². The Labute approximate surface area is 171 Å². The van der Waals surface area contributed by atoms with Crippen LogP contribution in [-0.4, -0.2) is 16.8 Å². The second-order valence-electron chi connectivity index (χ2n) is 6.45. The SMILES string of the molecule is Cc1cccnc1C(=O)Nc1ccc(N2Cc3c(Cl)cccc3C2=O)c(Cl)c1. The number of anilines is 2. The van der Waals surface area contributed by atoms with Crippen molar-refractivity contribution in [1.82, 2.24) is 4.98 Å². The quantitative estimate of drug-likeness (QED) is 0.651. The fourth-order valence-electron chi connectivity index (χ4n) is 3.21. The molecular weight excluding hydrogens is 397 g/mol. The van der Waals surface area contributed by atoms with Crippen LogP contribution < -0.4 is 10.2 Å². The highest BCUT2D eigenvalue weighted by Gasteiger charge is 2.31. The van der Waals surface area contributed by atoms with Crippen LogP contribution in [0.5, 0.6) is 0 Å². The second-order valence-corrected chi connectivity index (χ2v) is 7.26. The molecule has 0 unspecified atom stereocenters. The number of aromatic nitrogens is 1. The van der Waals surface area contributed by atoms with Crippen LogP contribution in [-0.2, 0) is 6.54 Å².